The minimum Gasteiger partial charge on any atom is -0.507 e. The number of methoxy groups -OCH3 is 1. The number of aromatic hydroxyl groups is 1. The first-order valence-electron chi connectivity index (χ1n) is 9.84. The van der Waals surface area contributed by atoms with Crippen LogP contribution in [0.5, 0.6) is 5.75 Å². The first-order chi connectivity index (χ1) is 13.4. The molecule has 152 valence electrons. The van der Waals surface area contributed by atoms with Gasteiger partial charge >= 0.3 is 0 Å². The van der Waals surface area contributed by atoms with E-state index < -0.39 is 0 Å². The van der Waals surface area contributed by atoms with Crippen molar-refractivity contribution in [3.63, 3.8) is 0 Å². The van der Waals surface area contributed by atoms with Crippen LogP contribution >= 0.6 is 11.6 Å². The summed E-state index contributed by atoms with van der Waals surface area (Å²) in [6, 6.07) is 8.94. The molecule has 1 aromatic heterocycles. The van der Waals surface area contributed by atoms with E-state index >= 15 is 0 Å². The number of nitrogens with zero attached hydrogens (tertiary/aromatic N) is 2. The molecule has 0 saturated carbocycles. The Balaban J connectivity index is 2.13. The third kappa shape index (κ3) is 4.43. The molecule has 0 aliphatic carbocycles. The van der Waals surface area contributed by atoms with Crippen LogP contribution in [0.1, 0.15) is 42.6 Å². The van der Waals surface area contributed by atoms with Crippen molar-refractivity contribution in [2.24, 2.45) is 5.92 Å². The van der Waals surface area contributed by atoms with Crippen molar-refractivity contribution >= 4 is 11.6 Å². The van der Waals surface area contributed by atoms with E-state index in [1.54, 1.807) is 17.7 Å². The number of rotatable bonds is 6. The van der Waals surface area contributed by atoms with Gasteiger partial charge in [-0.05, 0) is 62.5 Å². The van der Waals surface area contributed by atoms with Gasteiger partial charge in [-0.3, -0.25) is 9.69 Å². The first kappa shape index (κ1) is 20.9. The highest BCUT2D eigenvalue weighted by molar-refractivity contribution is 6.30. The lowest BCUT2D eigenvalue weighted by Gasteiger charge is -2.37. The summed E-state index contributed by atoms with van der Waals surface area (Å²) in [5.41, 5.74) is 1.90. The number of ether oxygens (including phenoxy) is 1. The molecule has 0 bridgehead atoms. The van der Waals surface area contributed by atoms with Crippen molar-refractivity contribution in [2.75, 3.05) is 26.8 Å². The molecule has 1 atom stereocenters. The Bertz CT molecular complexity index is 873. The average molecular weight is 405 g/mol. The molecule has 2 aromatic rings. The zero-order valence-electron chi connectivity index (χ0n) is 16.8. The van der Waals surface area contributed by atoms with Gasteiger partial charge in [0.25, 0.3) is 5.56 Å². The Kier molecular flexibility index (Phi) is 6.81. The fourth-order valence-electron chi connectivity index (χ4n) is 4.01. The lowest BCUT2D eigenvalue weighted by molar-refractivity contribution is 0.154. The Morgan fingerprint density at radius 1 is 1.29 bits per heavy atom. The molecular formula is C22H29ClN2O3. The van der Waals surface area contributed by atoms with Gasteiger partial charge in [0.2, 0.25) is 0 Å². The van der Waals surface area contributed by atoms with Gasteiger partial charge < -0.3 is 14.4 Å². The highest BCUT2D eigenvalue weighted by atomic mass is 35.5. The van der Waals surface area contributed by atoms with Gasteiger partial charge in [-0.15, -0.1) is 0 Å². The smallest absolute Gasteiger partial charge is 0.259 e. The summed E-state index contributed by atoms with van der Waals surface area (Å²) in [5.74, 6) is 0.709. The second-order valence-corrected chi connectivity index (χ2v) is 8.15. The van der Waals surface area contributed by atoms with Gasteiger partial charge in [-0.2, -0.15) is 0 Å². The van der Waals surface area contributed by atoms with Crippen LogP contribution in [0.4, 0.5) is 0 Å². The number of benzene rings is 1. The molecule has 1 aliphatic rings. The minimum atomic E-state index is -0.326. The van der Waals surface area contributed by atoms with Crippen LogP contribution in [-0.4, -0.2) is 41.4 Å². The molecule has 6 heteroatoms. The van der Waals surface area contributed by atoms with Crippen LogP contribution < -0.4 is 5.56 Å². The largest absolute Gasteiger partial charge is 0.507 e. The van der Waals surface area contributed by atoms with E-state index in [1.165, 1.54) is 0 Å². The number of aromatic nitrogens is 1. The van der Waals surface area contributed by atoms with Crippen LogP contribution in [-0.2, 0) is 11.3 Å². The number of hydrogen-bond donors (Lipinski definition) is 1. The van der Waals surface area contributed by atoms with E-state index in [0.29, 0.717) is 29.7 Å². The summed E-state index contributed by atoms with van der Waals surface area (Å²) in [5, 5.41) is 11.4. The Labute approximate surface area is 171 Å². The summed E-state index contributed by atoms with van der Waals surface area (Å²) >= 11 is 6.26. The second-order valence-electron chi connectivity index (χ2n) is 7.71. The SMILES string of the molecule is COCCn1c(C)cc(O)c(C(c2cccc(Cl)c2)N2CCC(C)CC2)c1=O. The maximum absolute atomic E-state index is 13.4. The lowest BCUT2D eigenvalue weighted by atomic mass is 9.92. The highest BCUT2D eigenvalue weighted by Crippen LogP contribution is 2.35. The third-order valence-corrected chi connectivity index (χ3v) is 5.90. The van der Waals surface area contributed by atoms with Crippen molar-refractivity contribution in [1.29, 1.82) is 0 Å². The number of halogens is 1. The van der Waals surface area contributed by atoms with E-state index in [4.69, 9.17) is 16.3 Å². The van der Waals surface area contributed by atoms with E-state index in [2.05, 4.69) is 11.8 Å². The van der Waals surface area contributed by atoms with E-state index in [0.717, 1.165) is 37.2 Å². The average Bonchev–Trinajstić information content (AvgIpc) is 2.66. The molecular weight excluding hydrogens is 376 g/mol. The van der Waals surface area contributed by atoms with Crippen molar-refractivity contribution in [3.8, 4) is 5.75 Å². The van der Waals surface area contributed by atoms with E-state index in [1.807, 2.05) is 31.2 Å². The van der Waals surface area contributed by atoms with Crippen LogP contribution in [0.2, 0.25) is 5.02 Å². The quantitative estimate of drug-likeness (QED) is 0.791. The third-order valence-electron chi connectivity index (χ3n) is 5.66. The van der Waals surface area contributed by atoms with Gasteiger partial charge in [-0.25, -0.2) is 0 Å². The molecule has 2 heterocycles. The summed E-state index contributed by atoms with van der Waals surface area (Å²) < 4.78 is 6.85. The van der Waals surface area contributed by atoms with Crippen LogP contribution in [0, 0.1) is 12.8 Å². The molecule has 0 amide bonds. The van der Waals surface area contributed by atoms with Gasteiger partial charge in [0.15, 0.2) is 0 Å². The number of aryl methyl sites for hydroxylation is 1. The van der Waals surface area contributed by atoms with Crippen LogP contribution in [0.3, 0.4) is 0 Å². The Morgan fingerprint density at radius 2 is 2.00 bits per heavy atom. The van der Waals surface area contributed by atoms with Gasteiger partial charge in [0.05, 0.1) is 18.2 Å². The molecule has 0 spiro atoms. The summed E-state index contributed by atoms with van der Waals surface area (Å²) in [6.45, 7) is 6.73. The molecule has 1 N–H and O–H groups in total. The van der Waals surface area contributed by atoms with Crippen LogP contribution in [0.25, 0.3) is 0 Å². The van der Waals surface area contributed by atoms with Gasteiger partial charge in [0, 0.05) is 24.4 Å². The molecule has 1 fully saturated rings. The standard InChI is InChI=1S/C22H29ClN2O3/c1-15-7-9-24(10-8-15)21(17-5-4-6-18(23)14-17)20-19(26)13-16(2)25(22(20)27)11-12-28-3/h4-6,13-15,21,26H,7-12H2,1-3H3. The molecule has 5 nitrogen and oxygen atoms in total. The monoisotopic (exact) mass is 404 g/mol. The lowest BCUT2D eigenvalue weighted by Crippen LogP contribution is -2.40. The fourth-order valence-corrected chi connectivity index (χ4v) is 4.21. The molecule has 1 aliphatic heterocycles. The maximum atomic E-state index is 13.4. The van der Waals surface area contributed by atoms with E-state index in [9.17, 15) is 9.90 Å². The second kappa shape index (κ2) is 9.12. The highest BCUT2D eigenvalue weighted by Gasteiger charge is 2.31. The zero-order chi connectivity index (χ0) is 20.3. The molecule has 1 saturated heterocycles. The van der Waals surface area contributed by atoms with Crippen LogP contribution in [0.15, 0.2) is 35.1 Å². The van der Waals surface area contributed by atoms with Crippen molar-refractivity contribution in [3.05, 3.63) is 62.5 Å². The summed E-state index contributed by atoms with van der Waals surface area (Å²) in [7, 11) is 1.62. The van der Waals surface area contributed by atoms with E-state index in [-0.39, 0.29) is 17.4 Å². The van der Waals surface area contributed by atoms with Crippen molar-refractivity contribution in [2.45, 2.75) is 39.3 Å². The Hall–Kier alpha value is -1.82. The molecule has 28 heavy (non-hydrogen) atoms. The molecule has 0 radical (unpaired) electrons. The topological polar surface area (TPSA) is 54.7 Å². The molecule has 1 unspecified atom stereocenters. The predicted molar refractivity (Wildman–Crippen MR) is 112 cm³/mol. The number of hydrogen-bond acceptors (Lipinski definition) is 4. The Morgan fingerprint density at radius 3 is 2.64 bits per heavy atom. The normalized spacial score (nSPS) is 17.0. The number of pyridine rings is 1. The zero-order valence-corrected chi connectivity index (χ0v) is 17.6. The molecule has 3 rings (SSSR count). The number of piperidine rings is 1. The maximum Gasteiger partial charge on any atom is 0.259 e. The fraction of sp³-hybridized carbons (Fsp3) is 0.500. The van der Waals surface area contributed by atoms with Gasteiger partial charge in [-0.1, -0.05) is 30.7 Å². The predicted octanol–water partition coefficient (Wildman–Crippen LogP) is 3.98. The summed E-state index contributed by atoms with van der Waals surface area (Å²) in [6.07, 6.45) is 2.14. The van der Waals surface area contributed by atoms with Gasteiger partial charge in [0.1, 0.15) is 5.75 Å². The number of likely N-dealkylation sites (tertiary alicyclic amines) is 1. The van der Waals surface area contributed by atoms with Crippen molar-refractivity contribution < 1.29 is 9.84 Å². The summed E-state index contributed by atoms with van der Waals surface area (Å²) in [4.78, 5) is 15.7. The van der Waals surface area contributed by atoms with Crippen molar-refractivity contribution in [1.82, 2.24) is 9.47 Å². The minimum absolute atomic E-state index is 0.0414. The molecule has 1 aromatic carbocycles. The first-order valence-corrected chi connectivity index (χ1v) is 10.2.